The van der Waals surface area contributed by atoms with Crippen LogP contribution < -0.4 is 9.47 Å². The van der Waals surface area contributed by atoms with Gasteiger partial charge in [0, 0.05) is 18.5 Å². The van der Waals surface area contributed by atoms with Crippen molar-refractivity contribution in [1.82, 2.24) is 4.90 Å². The number of nitrogens with zero attached hydrogens (tertiary/aromatic N) is 1. The molecule has 132 valence electrons. The fourth-order valence-corrected chi connectivity index (χ4v) is 3.00. The van der Waals surface area contributed by atoms with E-state index in [1.165, 1.54) is 0 Å². The molecule has 0 radical (unpaired) electrons. The average molecular weight is 360 g/mol. The lowest BCUT2D eigenvalue weighted by molar-refractivity contribution is -0.131. The number of para-hydroxylation sites is 2. The number of rotatable bonds is 5. The predicted octanol–water partition coefficient (Wildman–Crippen LogP) is 3.88. The third-order valence-corrected chi connectivity index (χ3v) is 4.74. The highest BCUT2D eigenvalue weighted by Crippen LogP contribution is 2.31. The van der Waals surface area contributed by atoms with Gasteiger partial charge in [0.1, 0.15) is 6.61 Å². The van der Waals surface area contributed by atoms with Crippen molar-refractivity contribution in [2.45, 2.75) is 25.9 Å². The first-order valence-electron chi connectivity index (χ1n) is 8.40. The first-order chi connectivity index (χ1) is 12.0. The molecule has 0 aliphatic carbocycles. The number of amides is 1. The van der Waals surface area contributed by atoms with E-state index in [4.69, 9.17) is 21.1 Å². The Labute approximate surface area is 153 Å². The molecular formula is C20H22ClNO3. The van der Waals surface area contributed by atoms with Crippen LogP contribution in [0, 0.1) is 6.92 Å². The predicted molar refractivity (Wildman–Crippen MR) is 98.5 cm³/mol. The fraction of sp³-hybridized carbons (Fsp3) is 0.350. The number of ether oxygens (including phenoxy) is 2. The lowest BCUT2D eigenvalue weighted by Crippen LogP contribution is -2.41. The molecule has 4 nitrogen and oxygen atoms in total. The minimum absolute atomic E-state index is 0.0826. The standard InChI is InChI=1S/C20H22ClNO3/c1-14-7-8-15(11-17(14)21)9-10-20(23)22(2)12-16-13-24-18-5-3-4-6-19(18)25-16/h3-8,11,16H,9-10,12-13H2,1-2H3/t16-/m1/s1. The quantitative estimate of drug-likeness (QED) is 0.813. The van der Waals surface area contributed by atoms with E-state index >= 15 is 0 Å². The van der Waals surface area contributed by atoms with Crippen molar-refractivity contribution in [2.24, 2.45) is 0 Å². The summed E-state index contributed by atoms with van der Waals surface area (Å²) in [6.07, 6.45) is 0.964. The zero-order chi connectivity index (χ0) is 17.8. The van der Waals surface area contributed by atoms with Crippen molar-refractivity contribution in [2.75, 3.05) is 20.2 Å². The SMILES string of the molecule is Cc1ccc(CCC(=O)N(C)C[C@@H]2COc3ccccc3O2)cc1Cl. The zero-order valence-electron chi connectivity index (χ0n) is 14.5. The molecular weight excluding hydrogens is 338 g/mol. The van der Waals surface area contributed by atoms with Gasteiger partial charge in [0.2, 0.25) is 5.91 Å². The maximum Gasteiger partial charge on any atom is 0.222 e. The summed E-state index contributed by atoms with van der Waals surface area (Å²) in [7, 11) is 1.80. The molecule has 5 heteroatoms. The summed E-state index contributed by atoms with van der Waals surface area (Å²) in [5.74, 6) is 1.57. The summed E-state index contributed by atoms with van der Waals surface area (Å²) in [4.78, 5) is 14.1. The Morgan fingerprint density at radius 2 is 2.00 bits per heavy atom. The van der Waals surface area contributed by atoms with Crippen LogP contribution in [0.2, 0.25) is 5.02 Å². The highest BCUT2D eigenvalue weighted by Gasteiger charge is 2.23. The average Bonchev–Trinajstić information content (AvgIpc) is 2.62. The number of hydrogen-bond donors (Lipinski definition) is 0. The highest BCUT2D eigenvalue weighted by molar-refractivity contribution is 6.31. The molecule has 0 saturated heterocycles. The first-order valence-corrected chi connectivity index (χ1v) is 8.78. The van der Waals surface area contributed by atoms with Gasteiger partial charge >= 0.3 is 0 Å². The Kier molecular flexibility index (Phi) is 5.49. The Morgan fingerprint density at radius 3 is 2.76 bits per heavy atom. The second-order valence-electron chi connectivity index (χ2n) is 6.36. The molecule has 1 aliphatic rings. The second kappa shape index (κ2) is 7.79. The van der Waals surface area contributed by atoms with Crippen molar-refractivity contribution >= 4 is 17.5 Å². The summed E-state index contributed by atoms with van der Waals surface area (Å²) >= 11 is 6.14. The molecule has 0 unspecified atom stereocenters. The van der Waals surface area contributed by atoms with Gasteiger partial charge in [-0.1, -0.05) is 35.9 Å². The molecule has 2 aromatic rings. The van der Waals surface area contributed by atoms with E-state index in [-0.39, 0.29) is 12.0 Å². The number of hydrogen-bond acceptors (Lipinski definition) is 3. The van der Waals surface area contributed by atoms with Crippen LogP contribution in [0.3, 0.4) is 0 Å². The molecule has 1 atom stereocenters. The highest BCUT2D eigenvalue weighted by atomic mass is 35.5. The summed E-state index contributed by atoms with van der Waals surface area (Å²) in [5.41, 5.74) is 2.12. The molecule has 1 amide bonds. The van der Waals surface area contributed by atoms with E-state index in [9.17, 15) is 4.79 Å². The molecule has 0 N–H and O–H groups in total. The molecule has 25 heavy (non-hydrogen) atoms. The topological polar surface area (TPSA) is 38.8 Å². The maximum absolute atomic E-state index is 12.4. The van der Waals surface area contributed by atoms with Gasteiger partial charge in [-0.2, -0.15) is 0 Å². The summed E-state index contributed by atoms with van der Waals surface area (Å²) in [6, 6.07) is 13.5. The smallest absolute Gasteiger partial charge is 0.222 e. The number of fused-ring (bicyclic) bond motifs is 1. The number of likely N-dealkylation sites (N-methyl/N-ethyl adjacent to an activating group) is 1. The maximum atomic E-state index is 12.4. The third-order valence-electron chi connectivity index (χ3n) is 4.33. The van der Waals surface area contributed by atoms with Gasteiger partial charge < -0.3 is 14.4 Å². The van der Waals surface area contributed by atoms with Crippen LogP contribution in [0.4, 0.5) is 0 Å². The number of benzene rings is 2. The van der Waals surface area contributed by atoms with Gasteiger partial charge in [0.25, 0.3) is 0 Å². The zero-order valence-corrected chi connectivity index (χ0v) is 15.3. The van der Waals surface area contributed by atoms with Crippen LogP contribution >= 0.6 is 11.6 Å². The van der Waals surface area contributed by atoms with Crippen molar-refractivity contribution in [3.63, 3.8) is 0 Å². The lowest BCUT2D eigenvalue weighted by atomic mass is 10.1. The minimum atomic E-state index is -0.155. The number of carbonyl (C=O) groups excluding carboxylic acids is 1. The first kappa shape index (κ1) is 17.6. The monoisotopic (exact) mass is 359 g/mol. The van der Waals surface area contributed by atoms with Gasteiger partial charge in [-0.05, 0) is 42.7 Å². The van der Waals surface area contributed by atoms with Crippen LogP contribution in [0.25, 0.3) is 0 Å². The van der Waals surface area contributed by atoms with E-state index in [0.29, 0.717) is 26.0 Å². The number of carbonyl (C=O) groups is 1. The van der Waals surface area contributed by atoms with Gasteiger partial charge in [-0.25, -0.2) is 0 Å². The molecule has 1 heterocycles. The minimum Gasteiger partial charge on any atom is -0.486 e. The molecule has 0 saturated carbocycles. The normalized spacial score (nSPS) is 15.7. The molecule has 0 fully saturated rings. The Balaban J connectivity index is 1.50. The third kappa shape index (κ3) is 4.45. The molecule has 0 aromatic heterocycles. The van der Waals surface area contributed by atoms with E-state index in [1.807, 2.05) is 49.4 Å². The van der Waals surface area contributed by atoms with Crippen molar-refractivity contribution in [3.8, 4) is 11.5 Å². The molecule has 2 aromatic carbocycles. The molecule has 0 bridgehead atoms. The Morgan fingerprint density at radius 1 is 1.24 bits per heavy atom. The Bertz CT molecular complexity index is 762. The van der Waals surface area contributed by atoms with Crippen LogP contribution in [0.5, 0.6) is 11.5 Å². The number of aryl methyl sites for hydroxylation is 2. The van der Waals surface area contributed by atoms with Crippen molar-refractivity contribution < 1.29 is 14.3 Å². The summed E-state index contributed by atoms with van der Waals surface area (Å²) < 4.78 is 11.6. The van der Waals surface area contributed by atoms with Crippen LogP contribution in [0.15, 0.2) is 42.5 Å². The van der Waals surface area contributed by atoms with Gasteiger partial charge in [-0.3, -0.25) is 4.79 Å². The Hall–Kier alpha value is -2.20. The van der Waals surface area contributed by atoms with Crippen LogP contribution in [0.1, 0.15) is 17.5 Å². The molecule has 0 spiro atoms. The van der Waals surface area contributed by atoms with Crippen molar-refractivity contribution in [3.05, 3.63) is 58.6 Å². The van der Waals surface area contributed by atoms with Gasteiger partial charge in [0.05, 0.1) is 6.54 Å². The summed E-state index contributed by atoms with van der Waals surface area (Å²) in [6.45, 7) is 2.92. The van der Waals surface area contributed by atoms with E-state index in [2.05, 4.69) is 0 Å². The van der Waals surface area contributed by atoms with Crippen LogP contribution in [-0.4, -0.2) is 37.1 Å². The van der Waals surface area contributed by atoms with E-state index in [0.717, 1.165) is 27.6 Å². The lowest BCUT2D eigenvalue weighted by Gasteiger charge is -2.29. The van der Waals surface area contributed by atoms with E-state index in [1.54, 1.807) is 11.9 Å². The van der Waals surface area contributed by atoms with E-state index < -0.39 is 0 Å². The van der Waals surface area contributed by atoms with Gasteiger partial charge in [-0.15, -0.1) is 0 Å². The van der Waals surface area contributed by atoms with Crippen molar-refractivity contribution in [1.29, 1.82) is 0 Å². The summed E-state index contributed by atoms with van der Waals surface area (Å²) in [5, 5.41) is 0.740. The molecule has 1 aliphatic heterocycles. The second-order valence-corrected chi connectivity index (χ2v) is 6.76. The molecule has 3 rings (SSSR count). The van der Waals surface area contributed by atoms with Crippen LogP contribution in [-0.2, 0) is 11.2 Å². The fourth-order valence-electron chi connectivity index (χ4n) is 2.79. The largest absolute Gasteiger partial charge is 0.486 e. The number of halogens is 1. The van der Waals surface area contributed by atoms with Gasteiger partial charge in [0.15, 0.2) is 17.6 Å².